The molecule has 0 unspecified atom stereocenters. The maximum absolute atomic E-state index is 13.4. The quantitative estimate of drug-likeness (QED) is 0.748. The van der Waals surface area contributed by atoms with Crippen LogP contribution in [-0.4, -0.2) is 28.3 Å². The van der Waals surface area contributed by atoms with Crippen LogP contribution >= 0.6 is 0 Å². The molecule has 3 N–H and O–H groups in total. The van der Waals surface area contributed by atoms with Crippen molar-refractivity contribution in [3.63, 3.8) is 0 Å². The van der Waals surface area contributed by atoms with Gasteiger partial charge in [0, 0.05) is 12.1 Å². The van der Waals surface area contributed by atoms with E-state index in [0.29, 0.717) is 18.8 Å². The fraction of sp³-hybridized carbons (Fsp3) is 0.381. The van der Waals surface area contributed by atoms with E-state index in [1.54, 1.807) is 12.1 Å². The third kappa shape index (κ3) is 5.04. The summed E-state index contributed by atoms with van der Waals surface area (Å²) in [4.78, 5) is 12.1. The topological polar surface area (TPSA) is 69.6 Å². The smallest absolute Gasteiger partial charge is 0.251 e. The predicted molar refractivity (Wildman–Crippen MR) is 97.4 cm³/mol. The Bertz CT molecular complexity index is 800. The first-order valence-corrected chi connectivity index (χ1v) is 9.08. The van der Waals surface area contributed by atoms with Crippen LogP contribution in [-0.2, 0) is 6.42 Å². The van der Waals surface area contributed by atoms with E-state index in [0.717, 1.165) is 37.0 Å². The van der Waals surface area contributed by atoms with Crippen LogP contribution in [0.1, 0.15) is 41.6 Å². The molecule has 0 aromatic heterocycles. The first-order valence-electron chi connectivity index (χ1n) is 9.08. The van der Waals surface area contributed by atoms with Crippen molar-refractivity contribution >= 4 is 5.91 Å². The lowest BCUT2D eigenvalue weighted by atomic mass is 9.76. The Morgan fingerprint density at radius 3 is 2.41 bits per heavy atom. The molecule has 1 aliphatic rings. The van der Waals surface area contributed by atoms with Crippen LogP contribution in [0.4, 0.5) is 8.78 Å². The SMILES string of the molecule is O=C(NC[C@]1(O)CC[C@@H](Cc2ccc(F)cc2)CC1)c1ccc(O)c(F)c1. The van der Waals surface area contributed by atoms with E-state index in [-0.39, 0.29) is 17.9 Å². The van der Waals surface area contributed by atoms with Gasteiger partial charge in [-0.25, -0.2) is 8.78 Å². The van der Waals surface area contributed by atoms with E-state index in [4.69, 9.17) is 0 Å². The van der Waals surface area contributed by atoms with Gasteiger partial charge >= 0.3 is 0 Å². The standard InChI is InChI=1S/C21H23F2NO3/c22-17-4-1-14(2-5-17)11-15-7-9-21(27,10-8-15)13-24-20(26)16-3-6-19(25)18(23)12-16/h1-6,12,15,25,27H,7-11,13H2,(H,24,26)/t15-,21+. The number of aliphatic hydroxyl groups is 1. The first kappa shape index (κ1) is 19.3. The average molecular weight is 375 g/mol. The van der Waals surface area contributed by atoms with Crippen LogP contribution in [0.5, 0.6) is 5.75 Å². The van der Waals surface area contributed by atoms with E-state index in [1.165, 1.54) is 18.2 Å². The number of phenolic OH excluding ortho intramolecular Hbond substituents is 1. The highest BCUT2D eigenvalue weighted by molar-refractivity contribution is 5.94. The minimum absolute atomic E-state index is 0.0948. The third-order valence-electron chi connectivity index (χ3n) is 5.26. The zero-order valence-electron chi connectivity index (χ0n) is 14.9. The van der Waals surface area contributed by atoms with Gasteiger partial charge in [-0.05, 0) is 73.9 Å². The Kier molecular flexibility index (Phi) is 5.75. The van der Waals surface area contributed by atoms with Gasteiger partial charge in [0.15, 0.2) is 11.6 Å². The number of aromatic hydroxyl groups is 1. The normalized spacial score (nSPS) is 22.4. The molecule has 144 valence electrons. The highest BCUT2D eigenvalue weighted by Gasteiger charge is 2.33. The van der Waals surface area contributed by atoms with E-state index < -0.39 is 23.1 Å². The fourth-order valence-electron chi connectivity index (χ4n) is 3.54. The first-order chi connectivity index (χ1) is 12.8. The summed E-state index contributed by atoms with van der Waals surface area (Å²) in [5, 5.41) is 22.5. The number of carbonyl (C=O) groups excluding carboxylic acids is 1. The van der Waals surface area contributed by atoms with Crippen molar-refractivity contribution in [2.24, 2.45) is 5.92 Å². The molecule has 1 saturated carbocycles. The predicted octanol–water partition coefficient (Wildman–Crippen LogP) is 3.56. The summed E-state index contributed by atoms with van der Waals surface area (Å²) in [5.74, 6) is -1.69. The number of nitrogens with one attached hydrogen (secondary N) is 1. The summed E-state index contributed by atoms with van der Waals surface area (Å²) in [6.07, 6.45) is 3.59. The summed E-state index contributed by atoms with van der Waals surface area (Å²) in [6.45, 7) is 0.0948. The van der Waals surface area contributed by atoms with Gasteiger partial charge in [0.1, 0.15) is 5.82 Å². The molecule has 1 amide bonds. The molecule has 1 aliphatic carbocycles. The molecular formula is C21H23F2NO3. The van der Waals surface area contributed by atoms with Crippen molar-refractivity contribution in [3.05, 3.63) is 65.2 Å². The average Bonchev–Trinajstić information content (AvgIpc) is 2.66. The summed E-state index contributed by atoms with van der Waals surface area (Å²) < 4.78 is 26.3. The molecule has 0 aliphatic heterocycles. The number of phenols is 1. The number of rotatable bonds is 5. The molecule has 27 heavy (non-hydrogen) atoms. The summed E-state index contributed by atoms with van der Waals surface area (Å²) >= 11 is 0. The van der Waals surface area contributed by atoms with Gasteiger partial charge in [-0.1, -0.05) is 12.1 Å². The van der Waals surface area contributed by atoms with Crippen LogP contribution in [0.15, 0.2) is 42.5 Å². The number of hydrogen-bond acceptors (Lipinski definition) is 3. The van der Waals surface area contributed by atoms with Crippen molar-refractivity contribution in [1.82, 2.24) is 5.32 Å². The van der Waals surface area contributed by atoms with E-state index >= 15 is 0 Å². The molecule has 3 rings (SSSR count). The zero-order chi connectivity index (χ0) is 19.4. The Labute approximate surface area is 156 Å². The Balaban J connectivity index is 1.49. The lowest BCUT2D eigenvalue weighted by Gasteiger charge is -2.36. The maximum Gasteiger partial charge on any atom is 0.251 e. The molecule has 0 heterocycles. The van der Waals surface area contributed by atoms with Gasteiger partial charge in [0.2, 0.25) is 0 Å². The molecule has 0 radical (unpaired) electrons. The van der Waals surface area contributed by atoms with Gasteiger partial charge in [0.05, 0.1) is 5.60 Å². The number of halogens is 2. The summed E-state index contributed by atoms with van der Waals surface area (Å²) in [7, 11) is 0. The summed E-state index contributed by atoms with van der Waals surface area (Å²) in [6, 6.07) is 9.90. The molecule has 2 aromatic carbocycles. The van der Waals surface area contributed by atoms with Crippen LogP contribution in [0.2, 0.25) is 0 Å². The number of carbonyl (C=O) groups is 1. The van der Waals surface area contributed by atoms with Gasteiger partial charge < -0.3 is 15.5 Å². The van der Waals surface area contributed by atoms with Crippen molar-refractivity contribution in [2.45, 2.75) is 37.7 Å². The van der Waals surface area contributed by atoms with Crippen molar-refractivity contribution < 1.29 is 23.8 Å². The van der Waals surface area contributed by atoms with Gasteiger partial charge in [0.25, 0.3) is 5.91 Å². The number of benzene rings is 2. The third-order valence-corrected chi connectivity index (χ3v) is 5.26. The van der Waals surface area contributed by atoms with Crippen molar-refractivity contribution in [1.29, 1.82) is 0 Å². The number of amides is 1. The molecule has 0 saturated heterocycles. The lowest BCUT2D eigenvalue weighted by Crippen LogP contribution is -2.45. The Morgan fingerprint density at radius 2 is 1.78 bits per heavy atom. The highest BCUT2D eigenvalue weighted by atomic mass is 19.1. The second kappa shape index (κ2) is 8.05. The monoisotopic (exact) mass is 375 g/mol. The molecule has 4 nitrogen and oxygen atoms in total. The molecule has 0 atom stereocenters. The van der Waals surface area contributed by atoms with Crippen LogP contribution in [0.25, 0.3) is 0 Å². The van der Waals surface area contributed by atoms with Gasteiger partial charge in [-0.3, -0.25) is 4.79 Å². The molecule has 1 fully saturated rings. The fourth-order valence-corrected chi connectivity index (χ4v) is 3.54. The van der Waals surface area contributed by atoms with Gasteiger partial charge in [-0.2, -0.15) is 0 Å². The van der Waals surface area contributed by atoms with Crippen molar-refractivity contribution in [2.75, 3.05) is 6.54 Å². The minimum Gasteiger partial charge on any atom is -0.505 e. The lowest BCUT2D eigenvalue weighted by molar-refractivity contribution is -0.00743. The van der Waals surface area contributed by atoms with E-state index in [2.05, 4.69) is 5.32 Å². The van der Waals surface area contributed by atoms with Crippen LogP contribution in [0.3, 0.4) is 0 Å². The second-order valence-corrected chi connectivity index (χ2v) is 7.35. The Hall–Kier alpha value is -2.47. The highest BCUT2D eigenvalue weighted by Crippen LogP contribution is 2.33. The molecule has 6 heteroatoms. The maximum atomic E-state index is 13.4. The number of hydrogen-bond donors (Lipinski definition) is 3. The zero-order valence-corrected chi connectivity index (χ0v) is 14.9. The molecule has 2 aromatic rings. The Morgan fingerprint density at radius 1 is 1.11 bits per heavy atom. The van der Waals surface area contributed by atoms with Crippen LogP contribution in [0, 0.1) is 17.6 Å². The summed E-state index contributed by atoms with van der Waals surface area (Å²) in [5.41, 5.74) is 0.193. The van der Waals surface area contributed by atoms with E-state index in [9.17, 15) is 23.8 Å². The minimum atomic E-state index is -0.982. The van der Waals surface area contributed by atoms with E-state index in [1.807, 2.05) is 0 Å². The molecule has 0 bridgehead atoms. The molecular weight excluding hydrogens is 352 g/mol. The van der Waals surface area contributed by atoms with Crippen LogP contribution < -0.4 is 5.32 Å². The largest absolute Gasteiger partial charge is 0.505 e. The van der Waals surface area contributed by atoms with Crippen molar-refractivity contribution in [3.8, 4) is 5.75 Å². The van der Waals surface area contributed by atoms with Gasteiger partial charge in [-0.15, -0.1) is 0 Å². The second-order valence-electron chi connectivity index (χ2n) is 7.35. The molecule has 0 spiro atoms.